The zero-order valence-electron chi connectivity index (χ0n) is 11.1. The van der Waals surface area contributed by atoms with Gasteiger partial charge in [0.2, 0.25) is 5.82 Å². The van der Waals surface area contributed by atoms with Crippen LogP contribution in [0.25, 0.3) is 11.5 Å². The molecule has 1 aromatic heterocycles. The third-order valence-corrected chi connectivity index (χ3v) is 3.28. The molecule has 0 saturated carbocycles. The lowest BCUT2D eigenvalue weighted by Crippen LogP contribution is -2.24. The third-order valence-electron chi connectivity index (χ3n) is 3.28. The van der Waals surface area contributed by atoms with Gasteiger partial charge in [-0.15, -0.1) is 0 Å². The second-order valence-corrected chi connectivity index (χ2v) is 4.42. The number of halogens is 1. The summed E-state index contributed by atoms with van der Waals surface area (Å²) in [6, 6.07) is 4.40. The van der Waals surface area contributed by atoms with E-state index in [2.05, 4.69) is 10.1 Å². The topological polar surface area (TPSA) is 74.2 Å². The molecule has 19 heavy (non-hydrogen) atoms. The molecular weight excluding hydrogens is 249 g/mol. The summed E-state index contributed by atoms with van der Waals surface area (Å²) in [5.41, 5.74) is 5.45. The van der Waals surface area contributed by atoms with Crippen LogP contribution in [-0.2, 0) is 10.3 Å². The van der Waals surface area contributed by atoms with Gasteiger partial charge in [-0.1, -0.05) is 18.1 Å². The predicted molar refractivity (Wildman–Crippen MR) is 68.8 cm³/mol. The first kappa shape index (κ1) is 13.5. The number of nitrogen functional groups attached to an aromatic ring is 1. The van der Waals surface area contributed by atoms with Crippen LogP contribution in [0.3, 0.4) is 0 Å². The molecule has 6 heteroatoms. The molecule has 1 heterocycles. The van der Waals surface area contributed by atoms with E-state index in [1.54, 1.807) is 13.2 Å². The monoisotopic (exact) mass is 265 g/mol. The average molecular weight is 265 g/mol. The summed E-state index contributed by atoms with van der Waals surface area (Å²) in [7, 11) is 1.57. The Morgan fingerprint density at radius 2 is 2.21 bits per heavy atom. The Bertz CT molecular complexity index is 559. The van der Waals surface area contributed by atoms with E-state index in [-0.39, 0.29) is 17.1 Å². The number of hydrogen-bond acceptors (Lipinski definition) is 5. The highest BCUT2D eigenvalue weighted by Gasteiger charge is 2.31. The normalized spacial score (nSPS) is 14.3. The van der Waals surface area contributed by atoms with Gasteiger partial charge in [0.25, 0.3) is 5.89 Å². The fraction of sp³-hybridized carbons (Fsp3) is 0.385. The van der Waals surface area contributed by atoms with Crippen LogP contribution in [0.5, 0.6) is 0 Å². The Morgan fingerprint density at radius 1 is 1.47 bits per heavy atom. The molecule has 0 saturated heterocycles. The van der Waals surface area contributed by atoms with E-state index >= 15 is 0 Å². The lowest BCUT2D eigenvalue weighted by Gasteiger charge is -2.21. The van der Waals surface area contributed by atoms with Crippen LogP contribution in [0.15, 0.2) is 22.7 Å². The molecule has 2 N–H and O–H groups in total. The van der Waals surface area contributed by atoms with Crippen LogP contribution in [0, 0.1) is 5.82 Å². The fourth-order valence-electron chi connectivity index (χ4n) is 1.70. The van der Waals surface area contributed by atoms with Gasteiger partial charge in [-0.3, -0.25) is 0 Å². The van der Waals surface area contributed by atoms with Gasteiger partial charge in [0.05, 0.1) is 5.56 Å². The van der Waals surface area contributed by atoms with Crippen molar-refractivity contribution >= 4 is 5.69 Å². The van der Waals surface area contributed by atoms with Crippen LogP contribution in [-0.4, -0.2) is 17.3 Å². The van der Waals surface area contributed by atoms with Gasteiger partial charge >= 0.3 is 0 Å². The number of anilines is 1. The highest BCUT2D eigenvalue weighted by molar-refractivity contribution is 5.70. The molecular formula is C13H16FN3O2. The summed E-state index contributed by atoms with van der Waals surface area (Å²) in [5, 5.41) is 3.86. The molecule has 0 aliphatic heterocycles. The van der Waals surface area contributed by atoms with E-state index < -0.39 is 11.4 Å². The van der Waals surface area contributed by atoms with Gasteiger partial charge in [0.15, 0.2) is 0 Å². The molecule has 2 rings (SSSR count). The van der Waals surface area contributed by atoms with Crippen molar-refractivity contribution in [3.05, 3.63) is 29.8 Å². The maximum absolute atomic E-state index is 13.8. The number of nitrogens with two attached hydrogens (primary N) is 1. The van der Waals surface area contributed by atoms with Crippen LogP contribution < -0.4 is 5.73 Å². The smallest absolute Gasteiger partial charge is 0.263 e. The number of nitrogens with zero attached hydrogens (tertiary/aromatic N) is 2. The van der Waals surface area contributed by atoms with E-state index in [1.165, 1.54) is 12.1 Å². The van der Waals surface area contributed by atoms with Gasteiger partial charge in [0, 0.05) is 12.8 Å². The molecule has 0 radical (unpaired) electrons. The molecule has 1 unspecified atom stereocenters. The zero-order valence-corrected chi connectivity index (χ0v) is 11.1. The Kier molecular flexibility index (Phi) is 3.53. The number of ether oxygens (including phenoxy) is 1. The van der Waals surface area contributed by atoms with E-state index in [9.17, 15) is 4.39 Å². The molecule has 2 aromatic rings. The molecule has 0 amide bonds. The van der Waals surface area contributed by atoms with Crippen molar-refractivity contribution in [2.75, 3.05) is 12.8 Å². The summed E-state index contributed by atoms with van der Waals surface area (Å²) < 4.78 is 24.2. The first-order valence-corrected chi connectivity index (χ1v) is 5.95. The van der Waals surface area contributed by atoms with Gasteiger partial charge in [0.1, 0.15) is 11.4 Å². The fourth-order valence-corrected chi connectivity index (χ4v) is 1.70. The number of methoxy groups -OCH3 is 1. The molecule has 102 valence electrons. The van der Waals surface area contributed by atoms with Crippen molar-refractivity contribution in [1.29, 1.82) is 0 Å². The third kappa shape index (κ3) is 2.31. The maximum Gasteiger partial charge on any atom is 0.263 e. The second kappa shape index (κ2) is 4.97. The van der Waals surface area contributed by atoms with Crippen molar-refractivity contribution in [2.24, 2.45) is 0 Å². The Morgan fingerprint density at radius 3 is 2.79 bits per heavy atom. The molecule has 1 aromatic carbocycles. The molecule has 5 nitrogen and oxygen atoms in total. The predicted octanol–water partition coefficient (Wildman–Crippen LogP) is 2.73. The lowest BCUT2D eigenvalue weighted by molar-refractivity contribution is -0.0106. The van der Waals surface area contributed by atoms with Crippen LogP contribution >= 0.6 is 0 Å². The second-order valence-electron chi connectivity index (χ2n) is 4.42. The Balaban J connectivity index is 2.47. The summed E-state index contributed by atoms with van der Waals surface area (Å²) in [6.45, 7) is 3.78. The van der Waals surface area contributed by atoms with Gasteiger partial charge in [-0.2, -0.15) is 4.98 Å². The summed E-state index contributed by atoms with van der Waals surface area (Å²) in [6.07, 6.45) is 0.662. The minimum Gasteiger partial charge on any atom is -0.398 e. The van der Waals surface area contributed by atoms with Gasteiger partial charge < -0.3 is 15.0 Å². The molecule has 0 spiro atoms. The molecule has 1 atom stereocenters. The minimum absolute atomic E-state index is 0.0577. The largest absolute Gasteiger partial charge is 0.398 e. The zero-order chi connectivity index (χ0) is 14.0. The Hall–Kier alpha value is -1.95. The minimum atomic E-state index is -0.665. The molecule has 0 aliphatic carbocycles. The van der Waals surface area contributed by atoms with E-state index in [0.29, 0.717) is 12.2 Å². The average Bonchev–Trinajstić information content (AvgIpc) is 2.87. The molecule has 0 aliphatic rings. The van der Waals surface area contributed by atoms with Crippen LogP contribution in [0.2, 0.25) is 0 Å². The van der Waals surface area contributed by atoms with Crippen LogP contribution in [0.4, 0.5) is 10.1 Å². The first-order valence-electron chi connectivity index (χ1n) is 5.95. The van der Waals surface area contributed by atoms with Crippen molar-refractivity contribution in [1.82, 2.24) is 10.1 Å². The van der Waals surface area contributed by atoms with Crippen molar-refractivity contribution in [3.63, 3.8) is 0 Å². The quantitative estimate of drug-likeness (QED) is 0.860. The molecule has 0 fully saturated rings. The SMILES string of the molecule is CCC(C)(OC)c1noc(-c2c(N)cccc2F)n1. The van der Waals surface area contributed by atoms with E-state index in [1.807, 2.05) is 13.8 Å². The van der Waals surface area contributed by atoms with Crippen molar-refractivity contribution in [2.45, 2.75) is 25.9 Å². The first-order chi connectivity index (χ1) is 9.01. The van der Waals surface area contributed by atoms with Crippen LogP contribution in [0.1, 0.15) is 26.1 Å². The maximum atomic E-state index is 13.8. The molecule has 0 bridgehead atoms. The number of benzene rings is 1. The number of hydrogen-bond donors (Lipinski definition) is 1. The highest BCUT2D eigenvalue weighted by atomic mass is 19.1. The highest BCUT2D eigenvalue weighted by Crippen LogP contribution is 2.31. The van der Waals surface area contributed by atoms with E-state index in [0.717, 1.165) is 0 Å². The summed E-state index contributed by atoms with van der Waals surface area (Å²) >= 11 is 0. The lowest BCUT2D eigenvalue weighted by atomic mass is 10.0. The standard InChI is InChI=1S/C13H16FN3O2/c1-4-13(2,18-3)12-16-11(19-17-12)10-8(14)6-5-7-9(10)15/h5-7H,4,15H2,1-3H3. The number of rotatable bonds is 4. The van der Waals surface area contributed by atoms with E-state index in [4.69, 9.17) is 15.0 Å². The number of aromatic nitrogens is 2. The van der Waals surface area contributed by atoms with Gasteiger partial charge in [-0.25, -0.2) is 4.39 Å². The van der Waals surface area contributed by atoms with Crippen molar-refractivity contribution < 1.29 is 13.7 Å². The Labute approximate surface area is 110 Å². The van der Waals surface area contributed by atoms with Crippen molar-refractivity contribution in [3.8, 4) is 11.5 Å². The van der Waals surface area contributed by atoms with Gasteiger partial charge in [-0.05, 0) is 25.5 Å². The summed E-state index contributed by atoms with van der Waals surface area (Å²) in [5.74, 6) is -0.0664. The summed E-state index contributed by atoms with van der Waals surface area (Å²) in [4.78, 5) is 4.19.